The van der Waals surface area contributed by atoms with E-state index in [0.717, 1.165) is 5.56 Å². The standard InChI is InChI=1S/C16H18F2N4O3/c1-10-3-4-11(7-13(10)21-9-23)14(19-2)22-25-6-5-20-15(24)12-8-16(12,17)18/h3-4,7,9,12H,2,5-6,8H2,1H3,(H,20,24)(H,21,23)/b22-14-. The molecule has 0 heterocycles. The molecule has 9 heteroatoms. The van der Waals surface area contributed by atoms with Gasteiger partial charge in [-0.2, -0.15) is 0 Å². The summed E-state index contributed by atoms with van der Waals surface area (Å²) in [4.78, 5) is 30.8. The molecule has 2 rings (SSSR count). The van der Waals surface area contributed by atoms with Crippen LogP contribution in [0.25, 0.3) is 0 Å². The Morgan fingerprint density at radius 2 is 2.24 bits per heavy atom. The number of nitrogens with one attached hydrogen (secondary N) is 2. The molecule has 0 aromatic heterocycles. The van der Waals surface area contributed by atoms with Gasteiger partial charge in [-0.3, -0.25) is 9.59 Å². The number of hydrogen-bond donors (Lipinski definition) is 2. The van der Waals surface area contributed by atoms with Crippen molar-refractivity contribution in [2.45, 2.75) is 19.3 Å². The van der Waals surface area contributed by atoms with Crippen molar-refractivity contribution in [3.05, 3.63) is 29.3 Å². The first-order chi connectivity index (χ1) is 11.9. The molecule has 0 aliphatic heterocycles. The molecular formula is C16H18F2N4O3. The molecule has 2 amide bonds. The highest BCUT2D eigenvalue weighted by Crippen LogP contribution is 2.48. The maximum absolute atomic E-state index is 12.7. The zero-order chi connectivity index (χ0) is 18.4. The number of nitrogens with zero attached hydrogens (tertiary/aromatic N) is 2. The summed E-state index contributed by atoms with van der Waals surface area (Å²) < 4.78 is 25.4. The van der Waals surface area contributed by atoms with Crippen molar-refractivity contribution in [1.82, 2.24) is 5.32 Å². The molecule has 1 aliphatic rings. The third-order valence-electron chi connectivity index (χ3n) is 3.65. The monoisotopic (exact) mass is 352 g/mol. The predicted molar refractivity (Wildman–Crippen MR) is 89.0 cm³/mol. The Bertz CT molecular complexity index is 707. The highest BCUT2D eigenvalue weighted by molar-refractivity contribution is 6.02. The first kappa shape index (κ1) is 18.5. The number of aliphatic imine (C=N–C) groups is 1. The molecule has 1 aromatic rings. The highest BCUT2D eigenvalue weighted by Gasteiger charge is 2.61. The molecule has 0 spiro atoms. The van der Waals surface area contributed by atoms with Crippen molar-refractivity contribution in [3.8, 4) is 0 Å². The largest absolute Gasteiger partial charge is 0.392 e. The Balaban J connectivity index is 1.86. The van der Waals surface area contributed by atoms with Gasteiger partial charge in [0.25, 0.3) is 5.92 Å². The average Bonchev–Trinajstić information content (AvgIpc) is 3.22. The molecule has 1 fully saturated rings. The molecule has 1 saturated carbocycles. The number of anilines is 1. The van der Waals surface area contributed by atoms with Crippen LogP contribution in [-0.4, -0.2) is 43.9 Å². The molecular weight excluding hydrogens is 334 g/mol. The lowest BCUT2D eigenvalue weighted by Gasteiger charge is -2.08. The van der Waals surface area contributed by atoms with Crippen LogP contribution in [0, 0.1) is 12.8 Å². The van der Waals surface area contributed by atoms with E-state index in [1.54, 1.807) is 18.2 Å². The van der Waals surface area contributed by atoms with E-state index in [1.807, 2.05) is 6.92 Å². The third-order valence-corrected chi connectivity index (χ3v) is 3.65. The van der Waals surface area contributed by atoms with Gasteiger partial charge in [-0.25, -0.2) is 13.8 Å². The van der Waals surface area contributed by atoms with Crippen LogP contribution >= 0.6 is 0 Å². The van der Waals surface area contributed by atoms with Crippen molar-refractivity contribution < 1.29 is 23.2 Å². The van der Waals surface area contributed by atoms with Gasteiger partial charge in [-0.05, 0) is 25.3 Å². The Morgan fingerprint density at radius 1 is 1.52 bits per heavy atom. The van der Waals surface area contributed by atoms with E-state index in [9.17, 15) is 18.4 Å². The quantitative estimate of drug-likeness (QED) is 0.245. The maximum Gasteiger partial charge on any atom is 0.260 e. The summed E-state index contributed by atoms with van der Waals surface area (Å²) in [6.07, 6.45) is 0.153. The summed E-state index contributed by atoms with van der Waals surface area (Å²) in [6, 6.07) is 5.18. The second kappa shape index (κ2) is 7.82. The SMILES string of the molecule is C=N/C(=N\OCCNC(=O)C1CC1(F)F)c1ccc(C)c(NC=O)c1. The highest BCUT2D eigenvalue weighted by atomic mass is 19.3. The van der Waals surface area contributed by atoms with Crippen LogP contribution in [-0.2, 0) is 14.4 Å². The fourth-order valence-corrected chi connectivity index (χ4v) is 2.10. The van der Waals surface area contributed by atoms with Crippen molar-refractivity contribution >= 4 is 30.6 Å². The third kappa shape index (κ3) is 4.82. The molecule has 2 N–H and O–H groups in total. The van der Waals surface area contributed by atoms with Gasteiger partial charge in [0.2, 0.25) is 12.3 Å². The maximum atomic E-state index is 12.7. The van der Waals surface area contributed by atoms with E-state index in [1.165, 1.54) is 0 Å². The number of amides is 2. The number of benzene rings is 1. The van der Waals surface area contributed by atoms with Crippen molar-refractivity contribution in [2.75, 3.05) is 18.5 Å². The fourth-order valence-electron chi connectivity index (χ4n) is 2.10. The summed E-state index contributed by atoms with van der Waals surface area (Å²) in [5, 5.41) is 8.72. The number of oxime groups is 1. The van der Waals surface area contributed by atoms with Crippen molar-refractivity contribution in [2.24, 2.45) is 16.1 Å². The van der Waals surface area contributed by atoms with Gasteiger partial charge in [-0.1, -0.05) is 17.3 Å². The van der Waals surface area contributed by atoms with E-state index in [-0.39, 0.29) is 19.0 Å². The number of aryl methyl sites for hydroxylation is 1. The van der Waals surface area contributed by atoms with Gasteiger partial charge in [-0.15, -0.1) is 0 Å². The van der Waals surface area contributed by atoms with Gasteiger partial charge in [0.1, 0.15) is 12.5 Å². The van der Waals surface area contributed by atoms with Gasteiger partial charge in [0.05, 0.1) is 6.54 Å². The normalized spacial score (nSPS) is 18.2. The molecule has 1 aromatic carbocycles. The minimum absolute atomic E-state index is 0.00560. The Labute approximate surface area is 143 Å². The van der Waals surface area contributed by atoms with Gasteiger partial charge >= 0.3 is 0 Å². The summed E-state index contributed by atoms with van der Waals surface area (Å²) in [5.74, 6) is -4.63. The number of hydrogen-bond acceptors (Lipinski definition) is 4. The molecule has 0 bridgehead atoms. The summed E-state index contributed by atoms with van der Waals surface area (Å²) in [7, 11) is 0. The molecule has 1 aliphatic carbocycles. The number of carbonyl (C=O) groups excluding carboxylic acids is 2. The van der Waals surface area contributed by atoms with Crippen LogP contribution in [0.2, 0.25) is 0 Å². The van der Waals surface area contributed by atoms with Crippen LogP contribution in [0.5, 0.6) is 0 Å². The number of alkyl halides is 2. The molecule has 0 saturated heterocycles. The lowest BCUT2D eigenvalue weighted by Crippen LogP contribution is -2.30. The van der Waals surface area contributed by atoms with Crippen LogP contribution in [0.3, 0.4) is 0 Å². The van der Waals surface area contributed by atoms with Crippen molar-refractivity contribution in [3.63, 3.8) is 0 Å². The van der Waals surface area contributed by atoms with E-state index >= 15 is 0 Å². The lowest BCUT2D eigenvalue weighted by atomic mass is 10.1. The molecule has 0 radical (unpaired) electrons. The molecule has 25 heavy (non-hydrogen) atoms. The number of rotatable bonds is 8. The first-order valence-corrected chi connectivity index (χ1v) is 7.52. The average molecular weight is 352 g/mol. The van der Waals surface area contributed by atoms with Gasteiger partial charge < -0.3 is 15.5 Å². The zero-order valence-electron chi connectivity index (χ0n) is 13.6. The summed E-state index contributed by atoms with van der Waals surface area (Å²) in [5.41, 5.74) is 2.04. The number of amidine groups is 1. The summed E-state index contributed by atoms with van der Waals surface area (Å²) >= 11 is 0. The minimum atomic E-state index is -2.89. The van der Waals surface area contributed by atoms with E-state index in [2.05, 4.69) is 27.5 Å². The van der Waals surface area contributed by atoms with Crippen LogP contribution in [0.4, 0.5) is 14.5 Å². The zero-order valence-corrected chi connectivity index (χ0v) is 13.6. The lowest BCUT2D eigenvalue weighted by molar-refractivity contribution is -0.124. The predicted octanol–water partition coefficient (Wildman–Crippen LogP) is 1.71. The van der Waals surface area contributed by atoms with Gasteiger partial charge in [0.15, 0.2) is 5.84 Å². The van der Waals surface area contributed by atoms with E-state index in [0.29, 0.717) is 17.7 Å². The van der Waals surface area contributed by atoms with Gasteiger partial charge in [0, 0.05) is 17.7 Å². The van der Waals surface area contributed by atoms with Crippen LogP contribution in [0.15, 0.2) is 28.3 Å². The minimum Gasteiger partial charge on any atom is -0.392 e. The molecule has 1 unspecified atom stereocenters. The van der Waals surface area contributed by atoms with E-state index in [4.69, 9.17) is 4.84 Å². The second-order valence-electron chi connectivity index (χ2n) is 5.51. The topological polar surface area (TPSA) is 92.2 Å². The number of carbonyl (C=O) groups is 2. The van der Waals surface area contributed by atoms with Crippen LogP contribution in [0.1, 0.15) is 17.5 Å². The Morgan fingerprint density at radius 3 is 2.84 bits per heavy atom. The second-order valence-corrected chi connectivity index (χ2v) is 5.51. The molecule has 134 valence electrons. The molecule has 1 atom stereocenters. The Hall–Kier alpha value is -2.84. The summed E-state index contributed by atoms with van der Waals surface area (Å²) in [6.45, 7) is 5.28. The first-order valence-electron chi connectivity index (χ1n) is 7.52. The number of halogens is 2. The van der Waals surface area contributed by atoms with Crippen LogP contribution < -0.4 is 10.6 Å². The van der Waals surface area contributed by atoms with E-state index < -0.39 is 24.2 Å². The molecule has 7 nitrogen and oxygen atoms in total. The fraction of sp³-hybridized carbons (Fsp3) is 0.375. The van der Waals surface area contributed by atoms with Crippen molar-refractivity contribution in [1.29, 1.82) is 0 Å². The Kier molecular flexibility index (Phi) is 5.79. The smallest absolute Gasteiger partial charge is 0.260 e.